The minimum atomic E-state index is 0.194. The molecule has 0 saturated carbocycles. The number of nitrogens with zero attached hydrogens (tertiary/aromatic N) is 3. The zero-order valence-corrected chi connectivity index (χ0v) is 32.6. The maximum Gasteiger partial charge on any atom is 0.167 e. The van der Waals surface area contributed by atoms with Crippen molar-refractivity contribution < 1.29 is 8.83 Å². The fraction of sp³-hybridized carbons (Fsp3) is 0. The molecule has 11 rings (SSSR count). The van der Waals surface area contributed by atoms with Gasteiger partial charge < -0.3 is 8.83 Å². The van der Waals surface area contributed by atoms with E-state index in [1.54, 1.807) is 0 Å². The molecule has 0 N–H and O–H groups in total. The average molecular weight is 767 g/mol. The van der Waals surface area contributed by atoms with Gasteiger partial charge in [-0.1, -0.05) is 144 Å². The normalized spacial score (nSPS) is 11.6. The van der Waals surface area contributed by atoms with Crippen LogP contribution in [-0.2, 0) is 0 Å². The lowest BCUT2D eigenvalue weighted by molar-refractivity contribution is 0.669. The van der Waals surface area contributed by atoms with Gasteiger partial charge in [-0.2, -0.15) is 0 Å². The zero-order chi connectivity index (χ0) is 41.4. The van der Waals surface area contributed by atoms with Crippen molar-refractivity contribution in [3.05, 3.63) is 158 Å². The predicted molar refractivity (Wildman–Crippen MR) is 254 cm³/mol. The van der Waals surface area contributed by atoms with Crippen LogP contribution in [0.5, 0.6) is 0 Å². The highest BCUT2D eigenvalue weighted by Gasteiger charge is 2.20. The van der Waals surface area contributed by atoms with Gasteiger partial charge in [-0.15, -0.1) is 16.4 Å². The number of hydrogen-bond donors (Lipinski definition) is 0. The van der Waals surface area contributed by atoms with E-state index in [1.807, 2.05) is 97.1 Å². The van der Waals surface area contributed by atoms with Crippen molar-refractivity contribution >= 4 is 110 Å². The molecule has 10 radical (unpaired) electrons. The van der Waals surface area contributed by atoms with Gasteiger partial charge in [0.2, 0.25) is 0 Å². The summed E-state index contributed by atoms with van der Waals surface area (Å²) in [6.45, 7) is 0. The van der Waals surface area contributed by atoms with Crippen molar-refractivity contribution in [1.29, 1.82) is 0 Å². The van der Waals surface area contributed by atoms with Gasteiger partial charge in [0, 0.05) is 38.2 Å². The zero-order valence-electron chi connectivity index (χ0n) is 32.6. The summed E-state index contributed by atoms with van der Waals surface area (Å²) < 4.78 is 13.1. The van der Waals surface area contributed by atoms with Gasteiger partial charge >= 0.3 is 0 Å². The van der Waals surface area contributed by atoms with Crippen molar-refractivity contribution in [2.45, 2.75) is 0 Å². The van der Waals surface area contributed by atoms with Crippen molar-refractivity contribution in [3.63, 3.8) is 0 Å². The third-order valence-electron chi connectivity index (χ3n) is 11.5. The third-order valence-corrected chi connectivity index (χ3v) is 11.5. The molecule has 0 amide bonds. The minimum absolute atomic E-state index is 0.194. The van der Waals surface area contributed by atoms with Crippen LogP contribution in [0.4, 0.5) is 0 Å². The van der Waals surface area contributed by atoms with Crippen LogP contribution >= 0.6 is 0 Å². The molecule has 10 heteroatoms. The van der Waals surface area contributed by atoms with Gasteiger partial charge in [-0.05, 0) is 52.1 Å². The average Bonchev–Trinajstić information content (AvgIpc) is 3.89. The van der Waals surface area contributed by atoms with Crippen molar-refractivity contribution in [2.24, 2.45) is 0 Å². The molecule has 0 saturated heterocycles. The Bertz CT molecular complexity index is 3500. The predicted octanol–water partition coefficient (Wildman–Crippen LogP) is 7.64. The molecule has 0 aliphatic rings. The van der Waals surface area contributed by atoms with Gasteiger partial charge in [0.05, 0.1) is 5.56 Å². The van der Waals surface area contributed by atoms with Gasteiger partial charge in [-0.25, -0.2) is 15.0 Å². The topological polar surface area (TPSA) is 65.0 Å². The molecule has 272 valence electrons. The minimum Gasteiger partial charge on any atom is -0.455 e. The maximum atomic E-state index is 6.70. The Hall–Kier alpha value is -7.31. The molecule has 61 heavy (non-hydrogen) atoms. The van der Waals surface area contributed by atoms with Crippen molar-refractivity contribution in [1.82, 2.24) is 15.0 Å². The fourth-order valence-electron chi connectivity index (χ4n) is 8.26. The Balaban J connectivity index is 0.955. The molecule has 11 aromatic rings. The largest absolute Gasteiger partial charge is 0.455 e. The molecule has 8 aromatic carbocycles. The fourth-order valence-corrected chi connectivity index (χ4v) is 8.26. The Morgan fingerprint density at radius 3 is 1.48 bits per heavy atom. The van der Waals surface area contributed by atoms with Crippen LogP contribution in [0.15, 0.2) is 167 Å². The second kappa shape index (κ2) is 14.5. The number of furan rings is 2. The number of benzene rings is 8. The van der Waals surface area contributed by atoms with E-state index in [4.69, 9.17) is 63.0 Å². The van der Waals surface area contributed by atoms with Crippen LogP contribution in [0, 0.1) is 0 Å². The van der Waals surface area contributed by atoms with Gasteiger partial charge in [0.25, 0.3) is 0 Å². The molecule has 0 unspecified atom stereocenters. The lowest BCUT2D eigenvalue weighted by Crippen LogP contribution is -2.55. The van der Waals surface area contributed by atoms with E-state index in [9.17, 15) is 0 Å². The van der Waals surface area contributed by atoms with Crippen molar-refractivity contribution in [2.75, 3.05) is 0 Å². The summed E-state index contributed by atoms with van der Waals surface area (Å²) in [5.41, 5.74) is 12.2. The van der Waals surface area contributed by atoms with E-state index >= 15 is 0 Å². The van der Waals surface area contributed by atoms with Gasteiger partial charge in [0.15, 0.2) is 17.5 Å². The smallest absolute Gasteiger partial charge is 0.167 e. The summed E-state index contributed by atoms with van der Waals surface area (Å²) >= 11 is 0. The molecule has 0 atom stereocenters. The van der Waals surface area contributed by atoms with Crippen LogP contribution in [-0.4, -0.2) is 54.2 Å². The number of para-hydroxylation sites is 3. The maximum absolute atomic E-state index is 6.70. The number of aromatic nitrogens is 3. The van der Waals surface area contributed by atoms with E-state index in [0.717, 1.165) is 88.4 Å². The lowest BCUT2D eigenvalue weighted by Gasteiger charge is -2.21. The van der Waals surface area contributed by atoms with Gasteiger partial charge in [-0.3, -0.25) is 0 Å². The summed E-state index contributed by atoms with van der Waals surface area (Å²) in [6, 6.07) is 52.7. The van der Waals surface area contributed by atoms with Crippen molar-refractivity contribution in [3.8, 4) is 67.5 Å². The first kappa shape index (κ1) is 36.8. The summed E-state index contributed by atoms with van der Waals surface area (Å²) in [7, 11) is 30.9. The molecular formula is C51H26B5N3O2. The van der Waals surface area contributed by atoms with E-state index in [2.05, 4.69) is 60.7 Å². The molecule has 3 aromatic heterocycles. The Morgan fingerprint density at radius 2 is 0.787 bits per heavy atom. The molecule has 0 aliphatic carbocycles. The highest BCUT2D eigenvalue weighted by Crippen LogP contribution is 2.39. The Kier molecular flexibility index (Phi) is 8.71. The summed E-state index contributed by atoms with van der Waals surface area (Å²) in [5, 5.41) is 4.05. The monoisotopic (exact) mass is 767 g/mol. The SMILES string of the molecule is [B]c1c([B])c([B])c(-c2ccc(-c3ccc(-c4cccc5c4oc4cc(-c6nc(-c7ccccc7)nc(-c7cccc8c7oc7ccccc78)n6)ccc45)cc3)cc2)c([B])c1[B]. The second-order valence-corrected chi connectivity index (χ2v) is 15.0. The van der Waals surface area contributed by atoms with E-state index in [1.165, 1.54) is 0 Å². The number of hydrogen-bond acceptors (Lipinski definition) is 5. The van der Waals surface area contributed by atoms with Crippen LogP contribution in [0.25, 0.3) is 111 Å². The molecular weight excluding hydrogens is 741 g/mol. The first-order valence-corrected chi connectivity index (χ1v) is 19.7. The van der Waals surface area contributed by atoms with Crippen LogP contribution < -0.4 is 27.3 Å². The summed E-state index contributed by atoms with van der Waals surface area (Å²) in [4.78, 5) is 15.1. The molecule has 0 fully saturated rings. The van der Waals surface area contributed by atoms with Crippen LogP contribution in [0.2, 0.25) is 0 Å². The molecule has 0 bridgehead atoms. The Labute approximate surface area is 358 Å². The third kappa shape index (κ3) is 6.12. The first-order chi connectivity index (χ1) is 29.8. The van der Waals surface area contributed by atoms with Crippen LogP contribution in [0.1, 0.15) is 0 Å². The van der Waals surface area contributed by atoms with Gasteiger partial charge in [0.1, 0.15) is 61.6 Å². The summed E-state index contributed by atoms with van der Waals surface area (Å²) in [5.74, 6) is 1.61. The van der Waals surface area contributed by atoms with E-state index in [-0.39, 0.29) is 16.4 Å². The van der Waals surface area contributed by atoms with Crippen LogP contribution in [0.3, 0.4) is 0 Å². The highest BCUT2D eigenvalue weighted by molar-refractivity contribution is 6.68. The standard InChI is InChI=1S/C51H26B5N3O2/c52-42-41(43(53)45(55)46(56)44(42)54)30-22-18-28(19-23-30)27-16-20-29(21-17-27)33-11-6-12-37-35-25-24-32(26-40(35)61-47(33)37)50-57-49(31-8-2-1-3-9-31)58-51(59-50)38-14-7-13-36-34-10-4-5-15-39(34)60-48(36)38/h1-26H. The molecule has 0 aliphatic heterocycles. The number of rotatable bonds is 6. The quantitative estimate of drug-likeness (QED) is 0.163. The summed E-state index contributed by atoms with van der Waals surface area (Å²) in [6.07, 6.45) is 0. The second-order valence-electron chi connectivity index (χ2n) is 15.0. The van der Waals surface area contributed by atoms with E-state index in [0.29, 0.717) is 34.0 Å². The highest BCUT2D eigenvalue weighted by atomic mass is 16.3. The molecule has 0 spiro atoms. The molecule has 3 heterocycles. The lowest BCUT2D eigenvalue weighted by atomic mass is 9.59. The number of fused-ring (bicyclic) bond motifs is 6. The Morgan fingerprint density at radius 1 is 0.311 bits per heavy atom. The van der Waals surface area contributed by atoms with E-state index < -0.39 is 0 Å². The first-order valence-electron chi connectivity index (χ1n) is 19.7. The molecule has 5 nitrogen and oxygen atoms in total.